The lowest BCUT2D eigenvalue weighted by molar-refractivity contribution is -0.148. The van der Waals surface area contributed by atoms with Crippen molar-refractivity contribution in [2.75, 3.05) is 5.75 Å². The van der Waals surface area contributed by atoms with Gasteiger partial charge in [-0.25, -0.2) is 0 Å². The zero-order chi connectivity index (χ0) is 13.6. The molecule has 0 saturated heterocycles. The van der Waals surface area contributed by atoms with Crippen LogP contribution < -0.4 is 0 Å². The summed E-state index contributed by atoms with van der Waals surface area (Å²) in [7, 11) is 0. The van der Waals surface area contributed by atoms with Gasteiger partial charge in [0.25, 0.3) is 0 Å². The molecule has 0 bridgehead atoms. The molecule has 7 heteroatoms. The molecule has 0 aliphatic rings. The van der Waals surface area contributed by atoms with E-state index >= 15 is 0 Å². The molecular formula is C10H14O5S2. The fourth-order valence-electron chi connectivity index (χ4n) is 0.976. The standard InChI is InChI=1S/C10H14O5S2/c1-5(2)10(15)17-4-7(16)6(9(13)14)3-8(11)12/h6-7,16H,1,3-4H2,2H3,(H,11,12)(H,13,14). The number of aliphatic carboxylic acids is 2. The third kappa shape index (κ3) is 6.38. The third-order valence-electron chi connectivity index (χ3n) is 1.91. The molecule has 0 spiro atoms. The second kappa shape index (κ2) is 7.39. The monoisotopic (exact) mass is 278 g/mol. The Morgan fingerprint density at radius 1 is 1.35 bits per heavy atom. The molecule has 2 atom stereocenters. The van der Waals surface area contributed by atoms with Crippen LogP contribution in [0.25, 0.3) is 0 Å². The van der Waals surface area contributed by atoms with E-state index in [2.05, 4.69) is 19.2 Å². The summed E-state index contributed by atoms with van der Waals surface area (Å²) in [6.45, 7) is 5.01. The SMILES string of the molecule is C=C(C)C(=O)SCC(S)C(CC(=O)O)C(=O)O. The number of rotatable bonds is 7. The summed E-state index contributed by atoms with van der Waals surface area (Å²) in [5, 5.41) is 16.5. The molecule has 0 amide bonds. The van der Waals surface area contributed by atoms with Crippen molar-refractivity contribution in [1.29, 1.82) is 0 Å². The van der Waals surface area contributed by atoms with Crippen molar-refractivity contribution in [3.05, 3.63) is 12.2 Å². The summed E-state index contributed by atoms with van der Waals surface area (Å²) in [6, 6.07) is 0. The Balaban J connectivity index is 4.38. The minimum absolute atomic E-state index is 0.138. The van der Waals surface area contributed by atoms with Crippen molar-refractivity contribution >= 4 is 41.4 Å². The van der Waals surface area contributed by atoms with Crippen LogP contribution in [0.1, 0.15) is 13.3 Å². The van der Waals surface area contributed by atoms with Gasteiger partial charge in [0.15, 0.2) is 0 Å². The maximum atomic E-state index is 11.2. The topological polar surface area (TPSA) is 91.7 Å². The molecule has 0 saturated carbocycles. The summed E-state index contributed by atoms with van der Waals surface area (Å²) in [4.78, 5) is 32.5. The van der Waals surface area contributed by atoms with Gasteiger partial charge in [0.05, 0.1) is 12.3 Å². The molecule has 17 heavy (non-hydrogen) atoms. The van der Waals surface area contributed by atoms with Gasteiger partial charge in [-0.2, -0.15) is 12.6 Å². The first kappa shape index (κ1) is 16.1. The van der Waals surface area contributed by atoms with Crippen molar-refractivity contribution in [1.82, 2.24) is 0 Å². The molecule has 5 nitrogen and oxygen atoms in total. The van der Waals surface area contributed by atoms with Crippen LogP contribution in [0.5, 0.6) is 0 Å². The van der Waals surface area contributed by atoms with E-state index in [9.17, 15) is 14.4 Å². The summed E-state index contributed by atoms with van der Waals surface area (Å²) in [5.41, 5.74) is 0.362. The highest BCUT2D eigenvalue weighted by molar-refractivity contribution is 8.14. The molecule has 0 rings (SSSR count). The lowest BCUT2D eigenvalue weighted by Gasteiger charge is -2.16. The van der Waals surface area contributed by atoms with Gasteiger partial charge in [-0.15, -0.1) is 0 Å². The number of hydrogen-bond donors (Lipinski definition) is 3. The van der Waals surface area contributed by atoms with Crippen LogP contribution in [0.4, 0.5) is 0 Å². The van der Waals surface area contributed by atoms with E-state index in [1.165, 1.54) is 0 Å². The first-order valence-electron chi connectivity index (χ1n) is 4.71. The fourth-order valence-corrected chi connectivity index (χ4v) is 2.23. The Morgan fingerprint density at radius 3 is 2.24 bits per heavy atom. The zero-order valence-electron chi connectivity index (χ0n) is 9.25. The predicted molar refractivity (Wildman–Crippen MR) is 68.4 cm³/mol. The van der Waals surface area contributed by atoms with E-state index < -0.39 is 29.5 Å². The fraction of sp³-hybridized carbons (Fsp3) is 0.500. The minimum Gasteiger partial charge on any atom is -0.481 e. The molecule has 0 aromatic carbocycles. The first-order chi connectivity index (χ1) is 7.75. The first-order valence-corrected chi connectivity index (χ1v) is 6.21. The van der Waals surface area contributed by atoms with Gasteiger partial charge in [0.2, 0.25) is 5.12 Å². The molecule has 0 radical (unpaired) electrons. The van der Waals surface area contributed by atoms with Crippen molar-refractivity contribution in [2.45, 2.75) is 18.6 Å². The summed E-state index contributed by atoms with van der Waals surface area (Å²) < 4.78 is 0. The average molecular weight is 278 g/mol. The Morgan fingerprint density at radius 2 is 1.88 bits per heavy atom. The minimum atomic E-state index is -1.23. The number of carbonyl (C=O) groups excluding carboxylic acids is 1. The second-order valence-corrected chi connectivity index (χ2v) is 5.14. The molecule has 96 valence electrons. The number of carboxylic acids is 2. The average Bonchev–Trinajstić information content (AvgIpc) is 2.21. The smallest absolute Gasteiger partial charge is 0.308 e. The van der Waals surface area contributed by atoms with Gasteiger partial charge < -0.3 is 10.2 Å². The highest BCUT2D eigenvalue weighted by atomic mass is 32.2. The van der Waals surface area contributed by atoms with E-state index in [1.54, 1.807) is 6.92 Å². The number of hydrogen-bond acceptors (Lipinski definition) is 5. The number of thioether (sulfide) groups is 1. The second-order valence-electron chi connectivity index (χ2n) is 3.49. The molecule has 2 N–H and O–H groups in total. The largest absolute Gasteiger partial charge is 0.481 e. The summed E-state index contributed by atoms with van der Waals surface area (Å²) in [6.07, 6.45) is -0.509. The van der Waals surface area contributed by atoms with Crippen molar-refractivity contribution in [3.8, 4) is 0 Å². The Hall–Kier alpha value is -0.950. The zero-order valence-corrected chi connectivity index (χ0v) is 11.0. The number of carboxylic acid groups (broad SMARTS) is 2. The highest BCUT2D eigenvalue weighted by Gasteiger charge is 2.28. The van der Waals surface area contributed by atoms with Crippen LogP contribution in [0.15, 0.2) is 12.2 Å². The molecule has 0 aromatic rings. The van der Waals surface area contributed by atoms with E-state index in [-0.39, 0.29) is 10.9 Å². The molecule has 0 aliphatic carbocycles. The molecule has 0 aliphatic heterocycles. The Kier molecular flexibility index (Phi) is 6.98. The van der Waals surface area contributed by atoms with Crippen molar-refractivity contribution < 1.29 is 24.6 Å². The van der Waals surface area contributed by atoms with Gasteiger partial charge in [0.1, 0.15) is 0 Å². The van der Waals surface area contributed by atoms with Crippen molar-refractivity contribution in [3.63, 3.8) is 0 Å². The maximum Gasteiger partial charge on any atom is 0.308 e. The van der Waals surface area contributed by atoms with Crippen LogP contribution in [0, 0.1) is 5.92 Å². The molecule has 0 fully saturated rings. The van der Waals surface area contributed by atoms with Gasteiger partial charge in [-0.3, -0.25) is 14.4 Å². The highest BCUT2D eigenvalue weighted by Crippen LogP contribution is 2.21. The van der Waals surface area contributed by atoms with Crippen LogP contribution in [-0.4, -0.2) is 38.3 Å². The normalized spacial score (nSPS) is 13.8. The molecule has 0 aromatic heterocycles. The van der Waals surface area contributed by atoms with Crippen molar-refractivity contribution in [2.24, 2.45) is 5.92 Å². The third-order valence-corrected chi connectivity index (χ3v) is 3.84. The van der Waals surface area contributed by atoms with E-state index in [0.717, 1.165) is 11.8 Å². The van der Waals surface area contributed by atoms with Gasteiger partial charge in [0, 0.05) is 11.0 Å². The lowest BCUT2D eigenvalue weighted by Crippen LogP contribution is -2.29. The number of carbonyl (C=O) groups is 3. The van der Waals surface area contributed by atoms with Crippen LogP contribution in [0.3, 0.4) is 0 Å². The van der Waals surface area contributed by atoms with E-state index in [1.807, 2.05) is 0 Å². The summed E-state index contributed by atoms with van der Waals surface area (Å²) in [5.74, 6) is -3.40. The van der Waals surface area contributed by atoms with E-state index in [4.69, 9.17) is 10.2 Å². The predicted octanol–water partition coefficient (Wildman–Crippen LogP) is 1.30. The van der Waals surface area contributed by atoms with Crippen LogP contribution in [-0.2, 0) is 14.4 Å². The number of thiol groups is 1. The van der Waals surface area contributed by atoms with Gasteiger partial charge in [-0.1, -0.05) is 18.3 Å². The Bertz CT molecular complexity index is 340. The lowest BCUT2D eigenvalue weighted by atomic mass is 10.0. The molecule has 0 heterocycles. The van der Waals surface area contributed by atoms with Crippen LogP contribution >= 0.6 is 24.4 Å². The molecule has 2 unspecified atom stereocenters. The van der Waals surface area contributed by atoms with Gasteiger partial charge in [-0.05, 0) is 12.5 Å². The van der Waals surface area contributed by atoms with E-state index in [0.29, 0.717) is 5.57 Å². The Labute approximate surface area is 109 Å². The quantitative estimate of drug-likeness (QED) is 0.480. The van der Waals surface area contributed by atoms with Gasteiger partial charge >= 0.3 is 11.9 Å². The molecular weight excluding hydrogens is 264 g/mol. The maximum absolute atomic E-state index is 11.2. The van der Waals surface area contributed by atoms with Crippen LogP contribution in [0.2, 0.25) is 0 Å². The summed E-state index contributed by atoms with van der Waals surface area (Å²) >= 11 is 4.93.